The monoisotopic (exact) mass is 604 g/mol. The molecule has 5 rings (SSSR count). The van der Waals surface area contributed by atoms with Crippen molar-refractivity contribution < 1.29 is 28.3 Å². The fourth-order valence-corrected chi connectivity index (χ4v) is 9.18. The predicted molar refractivity (Wildman–Crippen MR) is 168 cm³/mol. The van der Waals surface area contributed by atoms with Gasteiger partial charge < -0.3 is 23.6 Å². The van der Waals surface area contributed by atoms with Gasteiger partial charge in [0.1, 0.15) is 5.75 Å². The van der Waals surface area contributed by atoms with Gasteiger partial charge in [0.05, 0.1) is 30.9 Å². The first kappa shape index (κ1) is 30.9. The Hall–Kier alpha value is -3.53. The average molecular weight is 605 g/mol. The first-order chi connectivity index (χ1) is 20.7. The molecule has 0 saturated carbocycles. The molecule has 0 aromatic heterocycles. The number of fused-ring (bicyclic) bond motifs is 1. The van der Waals surface area contributed by atoms with E-state index in [1.165, 1.54) is 0 Å². The molecule has 0 bridgehead atoms. The first-order valence-electron chi connectivity index (χ1n) is 15.1. The number of ether oxygens (including phenoxy) is 2. The Morgan fingerprint density at radius 1 is 1.02 bits per heavy atom. The molecule has 43 heavy (non-hydrogen) atoms. The SMILES string of the molecule is C[C@@H]1[C@@H]([Si](C)(C)F)[C@H](CC(=O)N(CCO)Cc2ccccc2)O[C@@H]1CCc1cccc(N2C(=O)COc3ccccc32)c1. The minimum atomic E-state index is -3.17. The van der Waals surface area contributed by atoms with Crippen LogP contribution in [-0.4, -0.2) is 62.2 Å². The van der Waals surface area contributed by atoms with Crippen molar-refractivity contribution in [1.82, 2.24) is 4.90 Å². The third kappa shape index (κ3) is 7.17. The summed E-state index contributed by atoms with van der Waals surface area (Å²) in [6, 6.07) is 25.1. The highest BCUT2D eigenvalue weighted by atomic mass is 28.4. The van der Waals surface area contributed by atoms with E-state index in [9.17, 15) is 14.7 Å². The van der Waals surface area contributed by atoms with E-state index in [1.54, 1.807) is 22.9 Å². The van der Waals surface area contributed by atoms with E-state index in [2.05, 4.69) is 0 Å². The van der Waals surface area contributed by atoms with Crippen LogP contribution in [0.25, 0.3) is 0 Å². The summed E-state index contributed by atoms with van der Waals surface area (Å²) < 4.78 is 27.8. The predicted octanol–water partition coefficient (Wildman–Crippen LogP) is 6.04. The summed E-state index contributed by atoms with van der Waals surface area (Å²) in [5.41, 5.74) is 3.21. The molecule has 0 spiro atoms. The van der Waals surface area contributed by atoms with E-state index in [0.29, 0.717) is 25.1 Å². The molecule has 0 aliphatic carbocycles. The van der Waals surface area contributed by atoms with Gasteiger partial charge in [0, 0.05) is 24.3 Å². The molecule has 0 unspecified atom stereocenters. The lowest BCUT2D eigenvalue weighted by Crippen LogP contribution is -2.40. The van der Waals surface area contributed by atoms with E-state index in [4.69, 9.17) is 9.47 Å². The number of benzene rings is 3. The van der Waals surface area contributed by atoms with Gasteiger partial charge in [0.15, 0.2) is 6.61 Å². The number of aliphatic hydroxyl groups is 1. The number of carbonyl (C=O) groups excluding carboxylic acids is 2. The quantitative estimate of drug-likeness (QED) is 0.213. The first-order valence-corrected chi connectivity index (χ1v) is 18.0. The summed E-state index contributed by atoms with van der Waals surface area (Å²) >= 11 is 0. The summed E-state index contributed by atoms with van der Waals surface area (Å²) in [4.78, 5) is 29.6. The minimum Gasteiger partial charge on any atom is -0.482 e. The highest BCUT2D eigenvalue weighted by Gasteiger charge is 2.51. The van der Waals surface area contributed by atoms with Gasteiger partial charge in [-0.15, -0.1) is 0 Å². The number of halogens is 1. The second-order valence-electron chi connectivity index (χ2n) is 12.1. The Morgan fingerprint density at radius 3 is 2.49 bits per heavy atom. The van der Waals surface area contributed by atoms with Gasteiger partial charge in [0.2, 0.25) is 14.3 Å². The molecule has 228 valence electrons. The second kappa shape index (κ2) is 13.4. The van der Waals surface area contributed by atoms with Crippen LogP contribution in [-0.2, 0) is 27.3 Å². The molecule has 2 amide bonds. The molecule has 3 aromatic carbocycles. The van der Waals surface area contributed by atoms with Crippen molar-refractivity contribution in [3.8, 4) is 5.75 Å². The Labute approximate surface area is 254 Å². The molecule has 1 N–H and O–H groups in total. The van der Waals surface area contributed by atoms with Crippen LogP contribution in [0.3, 0.4) is 0 Å². The third-order valence-electron chi connectivity index (χ3n) is 8.60. The molecule has 9 heteroatoms. The topological polar surface area (TPSA) is 79.3 Å². The Balaban J connectivity index is 1.28. The lowest BCUT2D eigenvalue weighted by molar-refractivity contribution is -0.135. The summed E-state index contributed by atoms with van der Waals surface area (Å²) in [5.74, 6) is 0.367. The molecule has 2 aliphatic rings. The van der Waals surface area contributed by atoms with Gasteiger partial charge in [-0.1, -0.05) is 61.5 Å². The van der Waals surface area contributed by atoms with Crippen molar-refractivity contribution in [2.45, 2.75) is 63.6 Å². The van der Waals surface area contributed by atoms with Gasteiger partial charge in [-0.2, -0.15) is 0 Å². The molecule has 0 radical (unpaired) electrons. The van der Waals surface area contributed by atoms with Crippen molar-refractivity contribution in [3.63, 3.8) is 0 Å². The minimum absolute atomic E-state index is 0.0137. The molecular formula is C34H41FN2O5Si. The largest absolute Gasteiger partial charge is 0.482 e. The van der Waals surface area contributed by atoms with Crippen LogP contribution in [0.15, 0.2) is 78.9 Å². The lowest BCUT2D eigenvalue weighted by atomic mass is 9.95. The van der Waals surface area contributed by atoms with E-state index in [1.807, 2.05) is 85.8 Å². The van der Waals surface area contributed by atoms with Crippen LogP contribution in [0.4, 0.5) is 15.5 Å². The van der Waals surface area contributed by atoms with Crippen LogP contribution in [0.5, 0.6) is 5.75 Å². The maximum absolute atomic E-state index is 15.7. The van der Waals surface area contributed by atoms with Gasteiger partial charge in [0.25, 0.3) is 5.91 Å². The smallest absolute Gasteiger partial charge is 0.269 e. The number of hydrogen-bond donors (Lipinski definition) is 1. The number of anilines is 2. The van der Waals surface area contributed by atoms with Crippen LogP contribution < -0.4 is 9.64 Å². The van der Waals surface area contributed by atoms with Crippen molar-refractivity contribution in [2.24, 2.45) is 5.92 Å². The van der Waals surface area contributed by atoms with Crippen LogP contribution in [0.1, 0.15) is 30.9 Å². The van der Waals surface area contributed by atoms with Gasteiger partial charge in [-0.25, -0.2) is 0 Å². The number of rotatable bonds is 11. The zero-order chi connectivity index (χ0) is 30.6. The number of nitrogens with zero attached hydrogens (tertiary/aromatic N) is 2. The number of hydrogen-bond acceptors (Lipinski definition) is 5. The second-order valence-corrected chi connectivity index (χ2v) is 15.9. The average Bonchev–Trinajstić information content (AvgIpc) is 3.31. The summed E-state index contributed by atoms with van der Waals surface area (Å²) in [6.45, 7) is 5.90. The number of para-hydroxylation sites is 2. The van der Waals surface area contributed by atoms with E-state index in [-0.39, 0.29) is 55.6 Å². The number of aryl methyl sites for hydroxylation is 1. The maximum Gasteiger partial charge on any atom is 0.269 e. The molecule has 1 fully saturated rings. The van der Waals surface area contributed by atoms with Crippen molar-refractivity contribution >= 4 is 31.6 Å². The Morgan fingerprint density at radius 2 is 1.74 bits per heavy atom. The van der Waals surface area contributed by atoms with Crippen molar-refractivity contribution in [2.75, 3.05) is 24.7 Å². The molecule has 4 atom stereocenters. The van der Waals surface area contributed by atoms with Gasteiger partial charge in [-0.05, 0) is 67.2 Å². The van der Waals surface area contributed by atoms with Crippen LogP contribution >= 0.6 is 0 Å². The molecule has 7 nitrogen and oxygen atoms in total. The Kier molecular flexibility index (Phi) is 9.64. The zero-order valence-electron chi connectivity index (χ0n) is 25.1. The highest BCUT2D eigenvalue weighted by molar-refractivity contribution is 6.72. The van der Waals surface area contributed by atoms with Crippen molar-refractivity contribution in [1.29, 1.82) is 0 Å². The summed E-state index contributed by atoms with van der Waals surface area (Å²) in [5, 5.41) is 9.63. The number of carbonyl (C=O) groups is 2. The van der Waals surface area contributed by atoms with E-state index in [0.717, 1.165) is 22.5 Å². The molecule has 1 saturated heterocycles. The maximum atomic E-state index is 15.7. The Bertz CT molecular complexity index is 1420. The van der Waals surface area contributed by atoms with E-state index >= 15 is 4.11 Å². The number of aliphatic hydroxyl groups excluding tert-OH is 1. The van der Waals surface area contributed by atoms with Crippen LogP contribution in [0.2, 0.25) is 18.6 Å². The van der Waals surface area contributed by atoms with Gasteiger partial charge >= 0.3 is 0 Å². The normalized spacial score (nSPS) is 21.8. The fourth-order valence-electron chi connectivity index (χ4n) is 6.64. The van der Waals surface area contributed by atoms with Gasteiger partial charge in [-0.3, -0.25) is 14.5 Å². The van der Waals surface area contributed by atoms with Crippen molar-refractivity contribution in [3.05, 3.63) is 90.0 Å². The number of amides is 2. The lowest BCUT2D eigenvalue weighted by Gasteiger charge is -2.30. The summed E-state index contributed by atoms with van der Waals surface area (Å²) in [6.07, 6.45) is 0.751. The van der Waals surface area contributed by atoms with Crippen LogP contribution in [0, 0.1) is 5.92 Å². The summed E-state index contributed by atoms with van der Waals surface area (Å²) in [7, 11) is -3.17. The fraction of sp³-hybridized carbons (Fsp3) is 0.412. The van der Waals surface area contributed by atoms with E-state index < -0.39 is 14.5 Å². The molecule has 2 heterocycles. The standard InChI is InChI=1S/C34H41FN2O5Si/c1-24-29(17-16-25-12-9-13-27(20-25)37-28-14-7-8-15-30(28)41-23-33(37)40)42-31(34(24)43(2,3)35)21-32(39)36(18-19-38)22-26-10-5-4-6-11-26/h4-15,20,24,29,31,34,38H,16-19,21-23H2,1-3H3/t24-,29+,31-,34+/m0/s1. The highest BCUT2D eigenvalue weighted by Crippen LogP contribution is 2.47. The third-order valence-corrected chi connectivity index (χ3v) is 11.1. The zero-order valence-corrected chi connectivity index (χ0v) is 26.1. The molecule has 3 aromatic rings. The molecule has 2 aliphatic heterocycles. The molecular weight excluding hydrogens is 563 g/mol.